The number of ether oxygens (including phenoxy) is 2. The van der Waals surface area contributed by atoms with E-state index in [1.54, 1.807) is 50.6 Å². The average molecular weight is 499 g/mol. The van der Waals surface area contributed by atoms with Crippen molar-refractivity contribution in [1.82, 2.24) is 14.4 Å². The van der Waals surface area contributed by atoms with Crippen molar-refractivity contribution in [2.45, 2.75) is 37.0 Å². The molecule has 0 saturated heterocycles. The standard InChI is InChI=1S/C25H27FN4O4S/c1-25(2,3)35(31,32)21-15-30-19(14-28-24(30)12-20(21)34-5)17-10-22(26)29-23(11-17)27-13-16-6-8-18(33-4)9-7-16/h6-12,14-15H,13H2,1-5H3,(H,27,29). The second-order valence-corrected chi connectivity index (χ2v) is 11.6. The van der Waals surface area contributed by atoms with Crippen LogP contribution in [0.3, 0.4) is 0 Å². The minimum Gasteiger partial charge on any atom is -0.497 e. The smallest absolute Gasteiger partial charge is 0.215 e. The zero-order valence-corrected chi connectivity index (χ0v) is 21.0. The Morgan fingerprint density at radius 2 is 1.77 bits per heavy atom. The third-order valence-corrected chi connectivity index (χ3v) is 8.11. The number of nitrogens with zero attached hydrogens (tertiary/aromatic N) is 3. The maximum Gasteiger partial charge on any atom is 0.215 e. The molecule has 1 N–H and O–H groups in total. The highest BCUT2D eigenvalue weighted by Crippen LogP contribution is 2.34. The number of benzene rings is 1. The van der Waals surface area contributed by atoms with Crippen LogP contribution in [0, 0.1) is 5.95 Å². The Morgan fingerprint density at radius 3 is 2.40 bits per heavy atom. The van der Waals surface area contributed by atoms with E-state index >= 15 is 0 Å². The van der Waals surface area contributed by atoms with Gasteiger partial charge in [0.05, 0.1) is 30.9 Å². The van der Waals surface area contributed by atoms with Crippen LogP contribution >= 0.6 is 0 Å². The van der Waals surface area contributed by atoms with Crippen molar-refractivity contribution in [3.8, 4) is 22.8 Å². The second-order valence-electron chi connectivity index (χ2n) is 8.96. The molecule has 0 amide bonds. The third kappa shape index (κ3) is 4.79. The molecular formula is C25H27FN4O4S. The molecule has 0 radical (unpaired) electrons. The van der Waals surface area contributed by atoms with Crippen molar-refractivity contribution in [3.63, 3.8) is 0 Å². The summed E-state index contributed by atoms with van der Waals surface area (Å²) in [4.78, 5) is 8.35. The number of imidazole rings is 1. The highest BCUT2D eigenvalue weighted by atomic mass is 32.2. The summed E-state index contributed by atoms with van der Waals surface area (Å²) in [6, 6.07) is 12.0. The Bertz CT molecular complexity index is 1480. The third-order valence-electron chi connectivity index (χ3n) is 5.61. The number of aromatic nitrogens is 3. The van der Waals surface area contributed by atoms with Gasteiger partial charge in [-0.1, -0.05) is 12.1 Å². The number of methoxy groups -OCH3 is 2. The van der Waals surface area contributed by atoms with Gasteiger partial charge in [-0.15, -0.1) is 0 Å². The molecule has 3 heterocycles. The molecule has 0 aliphatic carbocycles. The number of hydrogen-bond donors (Lipinski definition) is 1. The summed E-state index contributed by atoms with van der Waals surface area (Å²) in [5, 5.41) is 3.13. The van der Waals surface area contributed by atoms with Gasteiger partial charge in [0.1, 0.15) is 27.9 Å². The van der Waals surface area contributed by atoms with Crippen LogP contribution in [0.2, 0.25) is 0 Å². The van der Waals surface area contributed by atoms with Gasteiger partial charge < -0.3 is 14.8 Å². The molecule has 4 rings (SSSR count). The second kappa shape index (κ2) is 9.18. The van der Waals surface area contributed by atoms with E-state index in [1.165, 1.54) is 19.4 Å². The molecule has 3 aromatic heterocycles. The summed E-state index contributed by atoms with van der Waals surface area (Å²) in [5.41, 5.74) is 2.44. The van der Waals surface area contributed by atoms with Gasteiger partial charge in [-0.3, -0.25) is 4.40 Å². The van der Waals surface area contributed by atoms with Crippen molar-refractivity contribution in [1.29, 1.82) is 0 Å². The summed E-state index contributed by atoms with van der Waals surface area (Å²) >= 11 is 0. The van der Waals surface area contributed by atoms with E-state index in [9.17, 15) is 12.8 Å². The highest BCUT2D eigenvalue weighted by Gasteiger charge is 2.34. The number of nitrogens with one attached hydrogen (secondary N) is 1. The molecular weight excluding hydrogens is 471 g/mol. The van der Waals surface area contributed by atoms with Gasteiger partial charge >= 0.3 is 0 Å². The van der Waals surface area contributed by atoms with Gasteiger partial charge in [0.2, 0.25) is 5.95 Å². The number of anilines is 1. The molecule has 184 valence electrons. The largest absolute Gasteiger partial charge is 0.497 e. The number of halogens is 1. The first-order chi connectivity index (χ1) is 16.5. The lowest BCUT2D eigenvalue weighted by Gasteiger charge is -2.21. The van der Waals surface area contributed by atoms with E-state index in [-0.39, 0.29) is 10.6 Å². The Morgan fingerprint density at radius 1 is 1.06 bits per heavy atom. The van der Waals surface area contributed by atoms with Crippen LogP contribution in [0.1, 0.15) is 26.3 Å². The summed E-state index contributed by atoms with van der Waals surface area (Å²) in [6.07, 6.45) is 3.03. The fourth-order valence-corrected chi connectivity index (χ4v) is 4.87. The molecule has 0 bridgehead atoms. The summed E-state index contributed by atoms with van der Waals surface area (Å²) < 4.78 is 52.0. The Kier molecular flexibility index (Phi) is 6.42. The normalized spacial score (nSPS) is 12.1. The van der Waals surface area contributed by atoms with Gasteiger partial charge in [0.15, 0.2) is 9.84 Å². The van der Waals surface area contributed by atoms with Crippen LogP contribution < -0.4 is 14.8 Å². The fraction of sp³-hybridized carbons (Fsp3) is 0.280. The maximum absolute atomic E-state index is 14.5. The first-order valence-electron chi connectivity index (χ1n) is 10.9. The number of rotatable bonds is 7. The molecule has 35 heavy (non-hydrogen) atoms. The van der Waals surface area contributed by atoms with Crippen LogP contribution in [-0.4, -0.2) is 41.8 Å². The lowest BCUT2D eigenvalue weighted by molar-refractivity contribution is 0.401. The predicted molar refractivity (Wildman–Crippen MR) is 132 cm³/mol. The van der Waals surface area contributed by atoms with Gasteiger partial charge in [-0.2, -0.15) is 4.39 Å². The number of pyridine rings is 2. The zero-order valence-electron chi connectivity index (χ0n) is 20.2. The lowest BCUT2D eigenvalue weighted by atomic mass is 10.2. The average Bonchev–Trinajstić information content (AvgIpc) is 3.24. The molecule has 0 spiro atoms. The summed E-state index contributed by atoms with van der Waals surface area (Å²) in [6.45, 7) is 5.30. The highest BCUT2D eigenvalue weighted by molar-refractivity contribution is 7.92. The van der Waals surface area contributed by atoms with Crippen molar-refractivity contribution < 1.29 is 22.3 Å². The molecule has 0 fully saturated rings. The minimum atomic E-state index is -3.73. The van der Waals surface area contributed by atoms with Gasteiger partial charge in [-0.25, -0.2) is 18.4 Å². The molecule has 10 heteroatoms. The number of fused-ring (bicyclic) bond motifs is 1. The van der Waals surface area contributed by atoms with Crippen LogP contribution in [0.25, 0.3) is 16.9 Å². The Labute approximate surface area is 203 Å². The summed E-state index contributed by atoms with van der Waals surface area (Å²) in [5.74, 6) is 0.608. The molecule has 4 aromatic rings. The Balaban J connectivity index is 1.73. The van der Waals surface area contributed by atoms with Crippen molar-refractivity contribution in [2.75, 3.05) is 19.5 Å². The van der Waals surface area contributed by atoms with Crippen LogP contribution in [0.5, 0.6) is 11.5 Å². The first-order valence-corrected chi connectivity index (χ1v) is 12.4. The molecule has 0 saturated carbocycles. The number of sulfone groups is 1. The first kappa shape index (κ1) is 24.5. The van der Waals surface area contributed by atoms with E-state index in [2.05, 4.69) is 15.3 Å². The van der Waals surface area contributed by atoms with Crippen LogP contribution in [0.4, 0.5) is 10.2 Å². The van der Waals surface area contributed by atoms with E-state index < -0.39 is 20.5 Å². The van der Waals surface area contributed by atoms with Crippen molar-refractivity contribution in [2.24, 2.45) is 0 Å². The predicted octanol–water partition coefficient (Wildman–Crippen LogP) is 4.74. The van der Waals surface area contributed by atoms with Crippen molar-refractivity contribution >= 4 is 21.3 Å². The minimum absolute atomic E-state index is 0.0339. The molecule has 0 atom stereocenters. The Hall–Kier alpha value is -3.66. The zero-order chi connectivity index (χ0) is 25.4. The van der Waals surface area contributed by atoms with Gasteiger partial charge in [0, 0.05) is 30.4 Å². The van der Waals surface area contributed by atoms with Crippen molar-refractivity contribution in [3.05, 3.63) is 66.4 Å². The molecule has 0 aliphatic heterocycles. The maximum atomic E-state index is 14.5. The van der Waals surface area contributed by atoms with Gasteiger partial charge in [-0.05, 0) is 44.5 Å². The number of hydrogen-bond acceptors (Lipinski definition) is 7. The topological polar surface area (TPSA) is 94.8 Å². The molecule has 0 unspecified atom stereocenters. The van der Waals surface area contributed by atoms with Crippen LogP contribution in [-0.2, 0) is 16.4 Å². The molecule has 1 aromatic carbocycles. The SMILES string of the molecule is COc1ccc(CNc2cc(-c3cnc4cc(OC)c(S(=O)(=O)C(C)(C)C)cn34)cc(F)n2)cc1. The van der Waals surface area contributed by atoms with E-state index in [4.69, 9.17) is 9.47 Å². The van der Waals surface area contributed by atoms with E-state index in [0.29, 0.717) is 29.3 Å². The molecule has 8 nitrogen and oxygen atoms in total. The summed E-state index contributed by atoms with van der Waals surface area (Å²) in [7, 11) is -0.716. The van der Waals surface area contributed by atoms with E-state index in [0.717, 1.165) is 11.3 Å². The molecule has 0 aliphatic rings. The quantitative estimate of drug-likeness (QED) is 0.368. The van der Waals surface area contributed by atoms with Gasteiger partial charge in [0.25, 0.3) is 0 Å². The van der Waals surface area contributed by atoms with E-state index in [1.807, 2.05) is 24.3 Å². The lowest BCUT2D eigenvalue weighted by Crippen LogP contribution is -2.28. The van der Waals surface area contributed by atoms with Crippen LogP contribution in [0.15, 0.2) is 59.8 Å². The fourth-order valence-electron chi connectivity index (χ4n) is 3.56. The monoisotopic (exact) mass is 498 g/mol.